The van der Waals surface area contributed by atoms with Gasteiger partial charge in [0, 0.05) is 29.7 Å². The highest BCUT2D eigenvalue weighted by atomic mass is 32.2. The molecule has 7 nitrogen and oxygen atoms in total. The number of thioether (sulfide) groups is 1. The van der Waals surface area contributed by atoms with Crippen LogP contribution in [-0.4, -0.2) is 50.3 Å². The zero-order chi connectivity index (χ0) is 23.5. The largest absolute Gasteiger partial charge is 0.345 e. The smallest absolute Gasteiger partial charge is 0.259 e. The number of benzene rings is 1. The Kier molecular flexibility index (Phi) is 6.82. The number of carbonyl (C=O) groups excluding carboxylic acids is 1. The number of aromatic nitrogens is 4. The van der Waals surface area contributed by atoms with Crippen molar-refractivity contribution in [1.82, 2.24) is 25.1 Å². The molecule has 3 heterocycles. The summed E-state index contributed by atoms with van der Waals surface area (Å²) in [4.78, 5) is 36.6. The van der Waals surface area contributed by atoms with Crippen LogP contribution in [0.3, 0.4) is 0 Å². The highest BCUT2D eigenvalue weighted by molar-refractivity contribution is 7.99. The predicted molar refractivity (Wildman–Crippen MR) is 138 cm³/mol. The second-order valence-electron chi connectivity index (χ2n) is 8.61. The van der Waals surface area contributed by atoms with Crippen molar-refractivity contribution < 1.29 is 4.79 Å². The molecular formula is C25H27N5O2S2. The van der Waals surface area contributed by atoms with Gasteiger partial charge < -0.3 is 9.88 Å². The number of thiophene rings is 1. The molecule has 0 fully saturated rings. The summed E-state index contributed by atoms with van der Waals surface area (Å²) in [7, 11) is 1.84. The van der Waals surface area contributed by atoms with E-state index >= 15 is 0 Å². The lowest BCUT2D eigenvalue weighted by Gasteiger charge is -2.16. The summed E-state index contributed by atoms with van der Waals surface area (Å²) in [5.74, 6) is 1.61. The molecule has 0 atom stereocenters. The minimum absolute atomic E-state index is 0.0438. The van der Waals surface area contributed by atoms with Crippen molar-refractivity contribution in [2.45, 2.75) is 37.9 Å². The molecule has 1 aliphatic rings. The Labute approximate surface area is 206 Å². The number of carbonyl (C=O) groups is 1. The first-order chi connectivity index (χ1) is 16.6. The summed E-state index contributed by atoms with van der Waals surface area (Å²) >= 11 is 3.13. The average Bonchev–Trinajstić information content (AvgIpc) is 3.56. The fourth-order valence-corrected chi connectivity index (χ4v) is 6.45. The Morgan fingerprint density at radius 2 is 2.09 bits per heavy atom. The Bertz CT molecular complexity index is 1360. The first-order valence-corrected chi connectivity index (χ1v) is 13.5. The van der Waals surface area contributed by atoms with E-state index in [9.17, 15) is 9.59 Å². The molecule has 0 spiro atoms. The highest BCUT2D eigenvalue weighted by Crippen LogP contribution is 2.34. The van der Waals surface area contributed by atoms with Crippen LogP contribution in [-0.2, 0) is 29.8 Å². The Morgan fingerprint density at radius 3 is 2.94 bits per heavy atom. The lowest BCUT2D eigenvalue weighted by molar-refractivity contribution is -0.127. The lowest BCUT2D eigenvalue weighted by atomic mass is 10.1. The topological polar surface area (TPSA) is 94.7 Å². The molecule has 1 amide bonds. The van der Waals surface area contributed by atoms with Gasteiger partial charge in [0.2, 0.25) is 5.91 Å². The molecule has 0 saturated carbocycles. The van der Waals surface area contributed by atoms with Gasteiger partial charge in [0.15, 0.2) is 0 Å². The van der Waals surface area contributed by atoms with Crippen LogP contribution in [0.1, 0.15) is 34.8 Å². The number of hydrogen-bond donors (Lipinski definition) is 2. The summed E-state index contributed by atoms with van der Waals surface area (Å²) in [5, 5.41) is 8.26. The fraction of sp³-hybridized carbons (Fsp3) is 0.360. The summed E-state index contributed by atoms with van der Waals surface area (Å²) in [6.45, 7) is 0.681. The van der Waals surface area contributed by atoms with E-state index in [1.807, 2.05) is 37.4 Å². The van der Waals surface area contributed by atoms with Crippen molar-refractivity contribution in [3.05, 3.63) is 68.7 Å². The number of H-pyrrole nitrogens is 2. The molecular weight excluding hydrogens is 466 g/mol. The summed E-state index contributed by atoms with van der Waals surface area (Å²) in [5.41, 5.74) is 4.24. The normalized spacial score (nSPS) is 12.9. The molecule has 34 heavy (non-hydrogen) atoms. The number of aromatic amines is 2. The van der Waals surface area contributed by atoms with Gasteiger partial charge in [-0.2, -0.15) is 5.10 Å². The van der Waals surface area contributed by atoms with Gasteiger partial charge in [-0.05, 0) is 43.7 Å². The van der Waals surface area contributed by atoms with E-state index in [1.54, 1.807) is 16.2 Å². The maximum absolute atomic E-state index is 12.6. The number of rotatable bonds is 9. The maximum Gasteiger partial charge on any atom is 0.259 e. The van der Waals surface area contributed by atoms with E-state index in [1.165, 1.54) is 22.2 Å². The molecule has 0 radical (unpaired) electrons. The number of amides is 1. The number of aryl methyl sites for hydroxylation is 3. The van der Waals surface area contributed by atoms with E-state index in [2.05, 4.69) is 26.2 Å². The first-order valence-electron chi connectivity index (χ1n) is 11.5. The van der Waals surface area contributed by atoms with E-state index in [-0.39, 0.29) is 11.5 Å². The van der Waals surface area contributed by atoms with Gasteiger partial charge in [0.05, 0.1) is 22.6 Å². The van der Waals surface area contributed by atoms with Crippen LogP contribution in [0.5, 0.6) is 0 Å². The van der Waals surface area contributed by atoms with Crippen molar-refractivity contribution in [3.63, 3.8) is 0 Å². The van der Waals surface area contributed by atoms with Crippen molar-refractivity contribution in [1.29, 1.82) is 0 Å². The average molecular weight is 494 g/mol. The van der Waals surface area contributed by atoms with Crippen LogP contribution in [0, 0.1) is 0 Å². The van der Waals surface area contributed by atoms with Crippen LogP contribution in [0.25, 0.3) is 21.5 Å². The molecule has 4 aromatic rings. The van der Waals surface area contributed by atoms with Crippen LogP contribution in [0.2, 0.25) is 0 Å². The zero-order valence-electron chi connectivity index (χ0n) is 19.1. The van der Waals surface area contributed by atoms with Gasteiger partial charge in [-0.15, -0.1) is 23.1 Å². The number of hydrogen-bond acceptors (Lipinski definition) is 6. The molecule has 3 aromatic heterocycles. The van der Waals surface area contributed by atoms with Crippen molar-refractivity contribution in [3.8, 4) is 11.3 Å². The SMILES string of the molecule is CN(CCCc1cc(-c2ccccc2)n[nH]1)C(=O)CSCc1nc2sc3c(c2c(=O)[nH]1)CCC3. The first kappa shape index (κ1) is 22.9. The third-order valence-corrected chi connectivity index (χ3v) is 8.27. The third kappa shape index (κ3) is 4.95. The Balaban J connectivity index is 1.07. The van der Waals surface area contributed by atoms with Crippen molar-refractivity contribution in [2.75, 3.05) is 19.3 Å². The molecule has 0 aliphatic heterocycles. The van der Waals surface area contributed by atoms with Gasteiger partial charge in [0.25, 0.3) is 5.56 Å². The molecule has 9 heteroatoms. The molecule has 5 rings (SSSR count). The van der Waals surface area contributed by atoms with Crippen molar-refractivity contribution >= 4 is 39.2 Å². The van der Waals surface area contributed by atoms with Gasteiger partial charge in [0.1, 0.15) is 10.7 Å². The molecule has 2 N–H and O–H groups in total. The molecule has 0 saturated heterocycles. The van der Waals surface area contributed by atoms with Crippen LogP contribution < -0.4 is 5.56 Å². The minimum Gasteiger partial charge on any atom is -0.345 e. The highest BCUT2D eigenvalue weighted by Gasteiger charge is 2.21. The van der Waals surface area contributed by atoms with E-state index in [4.69, 9.17) is 0 Å². The molecule has 0 bridgehead atoms. The molecule has 1 aliphatic carbocycles. The minimum atomic E-state index is -0.0438. The summed E-state index contributed by atoms with van der Waals surface area (Å²) < 4.78 is 0. The number of nitrogens with one attached hydrogen (secondary N) is 2. The van der Waals surface area contributed by atoms with Crippen LogP contribution in [0.15, 0.2) is 41.2 Å². The monoisotopic (exact) mass is 493 g/mol. The van der Waals surface area contributed by atoms with E-state index < -0.39 is 0 Å². The predicted octanol–water partition coefficient (Wildman–Crippen LogP) is 4.19. The zero-order valence-corrected chi connectivity index (χ0v) is 20.7. The molecule has 176 valence electrons. The third-order valence-electron chi connectivity index (χ3n) is 6.15. The van der Waals surface area contributed by atoms with Gasteiger partial charge in [-0.3, -0.25) is 14.7 Å². The standard InChI is InChI=1S/C25H27N5O2S2/c1-30(12-6-9-17-13-19(29-28-17)16-7-3-2-4-8-16)22(31)15-33-14-21-26-24(32)23-18-10-5-11-20(18)34-25(23)27-21/h2-4,7-8,13H,5-6,9-12,14-15H2,1H3,(H,28,29)(H,26,27,32). The molecule has 0 unspecified atom stereocenters. The molecule has 1 aromatic carbocycles. The summed E-state index contributed by atoms with van der Waals surface area (Å²) in [6, 6.07) is 12.1. The Morgan fingerprint density at radius 1 is 1.24 bits per heavy atom. The van der Waals surface area contributed by atoms with Gasteiger partial charge >= 0.3 is 0 Å². The van der Waals surface area contributed by atoms with Gasteiger partial charge in [-0.25, -0.2) is 4.98 Å². The van der Waals surface area contributed by atoms with E-state index in [0.717, 1.165) is 59.3 Å². The summed E-state index contributed by atoms with van der Waals surface area (Å²) in [6.07, 6.45) is 4.84. The maximum atomic E-state index is 12.6. The number of nitrogens with zero attached hydrogens (tertiary/aromatic N) is 3. The van der Waals surface area contributed by atoms with Gasteiger partial charge in [-0.1, -0.05) is 30.3 Å². The fourth-order valence-electron chi connectivity index (χ4n) is 4.34. The second-order valence-corrected chi connectivity index (χ2v) is 10.7. The second kappa shape index (κ2) is 10.1. The van der Waals surface area contributed by atoms with E-state index in [0.29, 0.717) is 23.9 Å². The quantitative estimate of drug-likeness (QED) is 0.365. The van der Waals surface area contributed by atoms with Crippen LogP contribution >= 0.6 is 23.1 Å². The lowest BCUT2D eigenvalue weighted by Crippen LogP contribution is -2.29. The number of fused-ring (bicyclic) bond motifs is 3. The Hall–Kier alpha value is -2.91. The van der Waals surface area contributed by atoms with Crippen molar-refractivity contribution in [2.24, 2.45) is 0 Å². The van der Waals surface area contributed by atoms with Crippen LogP contribution in [0.4, 0.5) is 0 Å².